The maximum absolute atomic E-state index is 6.25. The number of rotatable bonds is 7. The zero-order valence-electron chi connectivity index (χ0n) is 14.6. The van der Waals surface area contributed by atoms with Gasteiger partial charge in [0.15, 0.2) is 11.5 Å². The molecule has 0 aromatic heterocycles. The lowest BCUT2D eigenvalue weighted by atomic mass is 10.1. The summed E-state index contributed by atoms with van der Waals surface area (Å²) in [6.07, 6.45) is 0. The van der Waals surface area contributed by atoms with Crippen molar-refractivity contribution in [1.29, 1.82) is 0 Å². The van der Waals surface area contributed by atoms with E-state index in [9.17, 15) is 0 Å². The van der Waals surface area contributed by atoms with Gasteiger partial charge < -0.3 is 19.9 Å². The topological polar surface area (TPSA) is 53.7 Å². The SMILES string of the molecule is COc1cc(CN)cc(Cl)c1OCCOc1cc(C)cc(C)c1C. The van der Waals surface area contributed by atoms with Crippen molar-refractivity contribution in [3.63, 3.8) is 0 Å². The Kier molecular flexibility index (Phi) is 6.35. The maximum Gasteiger partial charge on any atom is 0.179 e. The van der Waals surface area contributed by atoms with Crippen LogP contribution in [-0.2, 0) is 6.54 Å². The minimum Gasteiger partial charge on any atom is -0.493 e. The van der Waals surface area contributed by atoms with Crippen molar-refractivity contribution in [2.24, 2.45) is 5.73 Å². The van der Waals surface area contributed by atoms with E-state index in [0.29, 0.717) is 36.3 Å². The fourth-order valence-electron chi connectivity index (χ4n) is 2.48. The Morgan fingerprint density at radius 3 is 2.33 bits per heavy atom. The van der Waals surface area contributed by atoms with E-state index in [-0.39, 0.29) is 0 Å². The lowest BCUT2D eigenvalue weighted by molar-refractivity contribution is 0.210. The summed E-state index contributed by atoms with van der Waals surface area (Å²) in [6.45, 7) is 7.36. The molecule has 0 amide bonds. The van der Waals surface area contributed by atoms with Crippen LogP contribution < -0.4 is 19.9 Å². The third kappa shape index (κ3) is 4.34. The predicted molar refractivity (Wildman–Crippen MR) is 97.5 cm³/mol. The highest BCUT2D eigenvalue weighted by Crippen LogP contribution is 2.36. The van der Waals surface area contributed by atoms with Gasteiger partial charge in [-0.1, -0.05) is 17.7 Å². The highest BCUT2D eigenvalue weighted by molar-refractivity contribution is 6.32. The average molecular weight is 350 g/mol. The second kappa shape index (κ2) is 8.27. The molecule has 0 fully saturated rings. The third-order valence-corrected chi connectivity index (χ3v) is 4.16. The number of hydrogen-bond acceptors (Lipinski definition) is 4. The van der Waals surface area contributed by atoms with E-state index in [1.165, 1.54) is 11.1 Å². The number of methoxy groups -OCH3 is 1. The van der Waals surface area contributed by atoms with Crippen LogP contribution in [0.25, 0.3) is 0 Å². The van der Waals surface area contributed by atoms with E-state index < -0.39 is 0 Å². The van der Waals surface area contributed by atoms with Gasteiger partial charge in [0.25, 0.3) is 0 Å². The molecule has 0 unspecified atom stereocenters. The van der Waals surface area contributed by atoms with Gasteiger partial charge in [-0.2, -0.15) is 0 Å². The summed E-state index contributed by atoms with van der Waals surface area (Å²) in [5.41, 5.74) is 10.1. The van der Waals surface area contributed by atoms with Crippen LogP contribution in [0.15, 0.2) is 24.3 Å². The lowest BCUT2D eigenvalue weighted by Crippen LogP contribution is -2.11. The molecule has 0 spiro atoms. The van der Waals surface area contributed by atoms with Gasteiger partial charge in [0.1, 0.15) is 19.0 Å². The summed E-state index contributed by atoms with van der Waals surface area (Å²) in [6, 6.07) is 7.79. The summed E-state index contributed by atoms with van der Waals surface area (Å²) < 4.78 is 16.9. The summed E-state index contributed by atoms with van der Waals surface area (Å²) >= 11 is 6.25. The average Bonchev–Trinajstić information content (AvgIpc) is 2.56. The lowest BCUT2D eigenvalue weighted by Gasteiger charge is -2.15. The molecule has 4 nitrogen and oxygen atoms in total. The molecule has 0 saturated heterocycles. The number of nitrogens with two attached hydrogens (primary N) is 1. The third-order valence-electron chi connectivity index (χ3n) is 3.88. The number of halogens is 1. The van der Waals surface area contributed by atoms with E-state index in [0.717, 1.165) is 16.9 Å². The van der Waals surface area contributed by atoms with E-state index >= 15 is 0 Å². The zero-order valence-corrected chi connectivity index (χ0v) is 15.4. The van der Waals surface area contributed by atoms with Crippen LogP contribution >= 0.6 is 11.6 Å². The van der Waals surface area contributed by atoms with Gasteiger partial charge in [-0.05, 0) is 61.2 Å². The second-order valence-corrected chi connectivity index (χ2v) is 6.12. The molecule has 2 aromatic carbocycles. The van der Waals surface area contributed by atoms with Crippen LogP contribution in [-0.4, -0.2) is 20.3 Å². The van der Waals surface area contributed by atoms with Crippen molar-refractivity contribution in [3.05, 3.63) is 51.5 Å². The largest absolute Gasteiger partial charge is 0.493 e. The van der Waals surface area contributed by atoms with Crippen LogP contribution in [0.5, 0.6) is 17.2 Å². The molecule has 0 radical (unpaired) electrons. The van der Waals surface area contributed by atoms with Gasteiger partial charge in [-0.15, -0.1) is 0 Å². The molecule has 2 aromatic rings. The van der Waals surface area contributed by atoms with Gasteiger partial charge in [-0.25, -0.2) is 0 Å². The zero-order chi connectivity index (χ0) is 17.7. The minimum atomic E-state index is 0.366. The first-order valence-corrected chi connectivity index (χ1v) is 8.24. The monoisotopic (exact) mass is 349 g/mol. The molecule has 0 aliphatic rings. The van der Waals surface area contributed by atoms with Gasteiger partial charge in [0, 0.05) is 6.54 Å². The van der Waals surface area contributed by atoms with Crippen molar-refractivity contribution in [2.45, 2.75) is 27.3 Å². The smallest absolute Gasteiger partial charge is 0.179 e. The van der Waals surface area contributed by atoms with Crippen LogP contribution in [0.3, 0.4) is 0 Å². The molecule has 2 N–H and O–H groups in total. The van der Waals surface area contributed by atoms with Crippen molar-refractivity contribution in [2.75, 3.05) is 20.3 Å². The number of aryl methyl sites for hydroxylation is 2. The van der Waals surface area contributed by atoms with E-state index in [4.69, 9.17) is 31.5 Å². The fourth-order valence-corrected chi connectivity index (χ4v) is 2.77. The molecule has 0 aliphatic heterocycles. The first-order chi connectivity index (χ1) is 11.5. The van der Waals surface area contributed by atoms with Gasteiger partial charge in [0.05, 0.1) is 12.1 Å². The fraction of sp³-hybridized carbons (Fsp3) is 0.368. The Hall–Kier alpha value is -1.91. The first kappa shape index (κ1) is 18.4. The Morgan fingerprint density at radius 2 is 1.67 bits per heavy atom. The van der Waals surface area contributed by atoms with Crippen molar-refractivity contribution in [1.82, 2.24) is 0 Å². The molecule has 0 atom stereocenters. The van der Waals surface area contributed by atoms with Crippen molar-refractivity contribution >= 4 is 11.6 Å². The van der Waals surface area contributed by atoms with Gasteiger partial charge in [-0.3, -0.25) is 0 Å². The highest BCUT2D eigenvalue weighted by Gasteiger charge is 2.12. The summed E-state index contributed by atoms with van der Waals surface area (Å²) in [5.74, 6) is 1.97. The predicted octanol–water partition coefficient (Wildman–Crippen LogP) is 4.19. The summed E-state index contributed by atoms with van der Waals surface area (Å²) in [7, 11) is 1.58. The van der Waals surface area contributed by atoms with Crippen LogP contribution in [0.4, 0.5) is 0 Å². The number of hydrogen-bond donors (Lipinski definition) is 1. The molecule has 2 rings (SSSR count). The van der Waals surface area contributed by atoms with Crippen LogP contribution in [0.2, 0.25) is 5.02 Å². The van der Waals surface area contributed by atoms with Crippen molar-refractivity contribution < 1.29 is 14.2 Å². The quantitative estimate of drug-likeness (QED) is 0.761. The molecule has 0 heterocycles. The maximum atomic E-state index is 6.25. The molecular weight excluding hydrogens is 326 g/mol. The molecule has 0 bridgehead atoms. The number of benzene rings is 2. The second-order valence-electron chi connectivity index (χ2n) is 5.72. The Labute approximate surface area is 148 Å². The van der Waals surface area contributed by atoms with Crippen LogP contribution in [0, 0.1) is 20.8 Å². The normalized spacial score (nSPS) is 10.6. The highest BCUT2D eigenvalue weighted by atomic mass is 35.5. The Morgan fingerprint density at radius 1 is 0.958 bits per heavy atom. The molecule has 0 saturated carbocycles. The Balaban J connectivity index is 2.00. The molecule has 0 aliphatic carbocycles. The van der Waals surface area contributed by atoms with Crippen LogP contribution in [0.1, 0.15) is 22.3 Å². The molecule has 130 valence electrons. The first-order valence-electron chi connectivity index (χ1n) is 7.86. The Bertz CT molecular complexity index is 716. The van der Waals surface area contributed by atoms with E-state index in [1.807, 2.05) is 12.1 Å². The van der Waals surface area contributed by atoms with Crippen molar-refractivity contribution in [3.8, 4) is 17.2 Å². The molecular formula is C19H24ClNO3. The molecule has 24 heavy (non-hydrogen) atoms. The summed E-state index contributed by atoms with van der Waals surface area (Å²) in [4.78, 5) is 0. The number of ether oxygens (including phenoxy) is 3. The van der Waals surface area contributed by atoms with Gasteiger partial charge in [0.2, 0.25) is 0 Å². The van der Waals surface area contributed by atoms with E-state index in [2.05, 4.69) is 26.8 Å². The summed E-state index contributed by atoms with van der Waals surface area (Å²) in [5, 5.41) is 0.484. The minimum absolute atomic E-state index is 0.366. The van der Waals surface area contributed by atoms with E-state index in [1.54, 1.807) is 13.2 Å². The standard InChI is InChI=1S/C19H24ClNO3/c1-12-7-13(2)14(3)17(8-12)23-5-6-24-19-16(20)9-15(11-21)10-18(19)22-4/h7-10H,5-6,11,21H2,1-4H3. The van der Waals surface area contributed by atoms with Gasteiger partial charge >= 0.3 is 0 Å². The molecule has 5 heteroatoms.